The lowest BCUT2D eigenvalue weighted by atomic mass is 9.99. The number of nitrogens with one attached hydrogen (secondary N) is 1. The quantitative estimate of drug-likeness (QED) is 0.495. The van der Waals surface area contributed by atoms with E-state index in [1.54, 1.807) is 33.1 Å². The van der Waals surface area contributed by atoms with Crippen molar-refractivity contribution in [3.63, 3.8) is 0 Å². The minimum Gasteiger partial charge on any atom is -0.506 e. The SMILES string of the molecule is COc1ccc([C@H](C)N[C@@H](CC(=O)OC(C)C)c2cc(Cl)cc(Br)c2O)cc1. The normalized spacial score (nSPS) is 13.2. The maximum Gasteiger partial charge on any atom is 0.307 e. The molecular weight excluding hydrogens is 446 g/mol. The Hall–Kier alpha value is -1.76. The molecule has 2 N–H and O–H groups in total. The van der Waals surface area contributed by atoms with Crippen LogP contribution in [0.25, 0.3) is 0 Å². The van der Waals surface area contributed by atoms with Gasteiger partial charge in [0.15, 0.2) is 0 Å². The summed E-state index contributed by atoms with van der Waals surface area (Å²) in [6, 6.07) is 10.3. The van der Waals surface area contributed by atoms with Crippen molar-refractivity contribution in [2.75, 3.05) is 7.11 Å². The molecule has 0 aliphatic rings. The molecule has 7 heteroatoms. The second kappa shape index (κ2) is 10.1. The van der Waals surface area contributed by atoms with Gasteiger partial charge in [0.2, 0.25) is 0 Å². The molecule has 0 spiro atoms. The maximum atomic E-state index is 12.3. The molecule has 0 aliphatic heterocycles. The number of esters is 1. The minimum absolute atomic E-state index is 0.0428. The van der Waals surface area contributed by atoms with Crippen molar-refractivity contribution in [2.45, 2.75) is 45.4 Å². The lowest BCUT2D eigenvalue weighted by Gasteiger charge is -2.25. The van der Waals surface area contributed by atoms with Crippen LogP contribution in [0.3, 0.4) is 0 Å². The monoisotopic (exact) mass is 469 g/mol. The summed E-state index contributed by atoms with van der Waals surface area (Å²) in [6.07, 6.45) is -0.161. The lowest BCUT2D eigenvalue weighted by molar-refractivity contribution is -0.148. The second-order valence-electron chi connectivity index (χ2n) is 6.78. The fraction of sp³-hybridized carbons (Fsp3) is 0.381. The van der Waals surface area contributed by atoms with E-state index < -0.39 is 6.04 Å². The number of hydrogen-bond acceptors (Lipinski definition) is 5. The third-order valence-electron chi connectivity index (χ3n) is 4.24. The molecule has 0 bridgehead atoms. The molecule has 28 heavy (non-hydrogen) atoms. The number of rotatable bonds is 8. The molecule has 0 saturated carbocycles. The molecule has 0 saturated heterocycles. The van der Waals surface area contributed by atoms with E-state index in [-0.39, 0.29) is 30.3 Å². The summed E-state index contributed by atoms with van der Waals surface area (Å²) >= 11 is 9.48. The first kappa shape index (κ1) is 22.5. The summed E-state index contributed by atoms with van der Waals surface area (Å²) < 4.78 is 11.0. The molecule has 2 rings (SSSR count). The van der Waals surface area contributed by atoms with Crippen LogP contribution in [0.4, 0.5) is 0 Å². The Bertz CT molecular complexity index is 811. The van der Waals surface area contributed by atoms with Crippen LogP contribution in [0.5, 0.6) is 11.5 Å². The number of methoxy groups -OCH3 is 1. The molecule has 152 valence electrons. The number of phenolic OH excluding ortho intramolecular Hbond substituents is 1. The van der Waals surface area contributed by atoms with Crippen LogP contribution < -0.4 is 10.1 Å². The third-order valence-corrected chi connectivity index (χ3v) is 5.06. The zero-order valence-corrected chi connectivity index (χ0v) is 18.7. The summed E-state index contributed by atoms with van der Waals surface area (Å²) in [6.45, 7) is 5.58. The van der Waals surface area contributed by atoms with Crippen molar-refractivity contribution in [1.82, 2.24) is 5.32 Å². The summed E-state index contributed by atoms with van der Waals surface area (Å²) in [5.74, 6) is 0.454. The predicted octanol–water partition coefficient (Wildman–Crippen LogP) is 5.55. The number of ether oxygens (including phenoxy) is 2. The average molecular weight is 471 g/mol. The van der Waals surface area contributed by atoms with Gasteiger partial charge in [-0.25, -0.2) is 0 Å². The van der Waals surface area contributed by atoms with Gasteiger partial charge in [0, 0.05) is 22.7 Å². The first-order valence-corrected chi connectivity index (χ1v) is 10.2. The Kier molecular flexibility index (Phi) is 8.16. The molecule has 2 aromatic rings. The van der Waals surface area contributed by atoms with E-state index in [4.69, 9.17) is 21.1 Å². The maximum absolute atomic E-state index is 12.3. The zero-order valence-electron chi connectivity index (χ0n) is 16.3. The lowest BCUT2D eigenvalue weighted by Crippen LogP contribution is -2.28. The van der Waals surface area contributed by atoms with E-state index in [1.165, 1.54) is 0 Å². The highest BCUT2D eigenvalue weighted by atomic mass is 79.9. The molecule has 0 unspecified atom stereocenters. The van der Waals surface area contributed by atoms with E-state index in [0.29, 0.717) is 15.1 Å². The molecule has 0 amide bonds. The second-order valence-corrected chi connectivity index (χ2v) is 8.07. The van der Waals surface area contributed by atoms with E-state index in [0.717, 1.165) is 11.3 Å². The topological polar surface area (TPSA) is 67.8 Å². The summed E-state index contributed by atoms with van der Waals surface area (Å²) in [5.41, 5.74) is 1.55. The molecule has 0 radical (unpaired) electrons. The number of benzene rings is 2. The number of hydrogen-bond donors (Lipinski definition) is 2. The Morgan fingerprint density at radius 3 is 2.43 bits per heavy atom. The van der Waals surface area contributed by atoms with Crippen molar-refractivity contribution in [3.8, 4) is 11.5 Å². The predicted molar refractivity (Wildman–Crippen MR) is 114 cm³/mol. The standard InChI is InChI=1S/C21H25BrClNO4/c1-12(2)28-20(25)11-19(17-9-15(23)10-18(22)21(17)26)24-13(3)14-5-7-16(27-4)8-6-14/h5-10,12-13,19,24,26H,11H2,1-4H3/t13-,19-/m0/s1. The summed E-state index contributed by atoms with van der Waals surface area (Å²) in [4.78, 5) is 12.3. The molecule has 0 aliphatic carbocycles. The fourth-order valence-corrected chi connectivity index (χ4v) is 3.71. The molecule has 0 aromatic heterocycles. The highest BCUT2D eigenvalue weighted by Crippen LogP contribution is 2.37. The first-order chi connectivity index (χ1) is 13.2. The van der Waals surface area contributed by atoms with Crippen molar-refractivity contribution in [2.24, 2.45) is 0 Å². The number of carbonyl (C=O) groups excluding carboxylic acids is 1. The molecule has 5 nitrogen and oxygen atoms in total. The largest absolute Gasteiger partial charge is 0.506 e. The van der Waals surface area contributed by atoms with Gasteiger partial charge in [-0.3, -0.25) is 4.79 Å². The summed E-state index contributed by atoms with van der Waals surface area (Å²) in [5, 5.41) is 14.4. The van der Waals surface area contributed by atoms with Crippen LogP contribution in [0.2, 0.25) is 5.02 Å². The van der Waals surface area contributed by atoms with E-state index in [2.05, 4.69) is 21.2 Å². The van der Waals surface area contributed by atoms with Gasteiger partial charge < -0.3 is 19.9 Å². The Morgan fingerprint density at radius 2 is 1.86 bits per heavy atom. The van der Waals surface area contributed by atoms with Gasteiger partial charge in [-0.05, 0) is 66.5 Å². The molecule has 0 heterocycles. The van der Waals surface area contributed by atoms with Gasteiger partial charge in [-0.15, -0.1) is 0 Å². The fourth-order valence-electron chi connectivity index (χ4n) is 2.88. The first-order valence-electron chi connectivity index (χ1n) is 8.98. The van der Waals surface area contributed by atoms with Crippen LogP contribution in [0.1, 0.15) is 50.4 Å². The van der Waals surface area contributed by atoms with Crippen LogP contribution in [-0.4, -0.2) is 24.3 Å². The van der Waals surface area contributed by atoms with Gasteiger partial charge in [-0.2, -0.15) is 0 Å². The highest BCUT2D eigenvalue weighted by molar-refractivity contribution is 9.10. The van der Waals surface area contributed by atoms with Crippen molar-refractivity contribution < 1.29 is 19.4 Å². The summed E-state index contributed by atoms with van der Waals surface area (Å²) in [7, 11) is 1.62. The Morgan fingerprint density at radius 1 is 1.21 bits per heavy atom. The molecule has 2 aromatic carbocycles. The average Bonchev–Trinajstić information content (AvgIpc) is 2.63. The number of aromatic hydroxyl groups is 1. The van der Waals surface area contributed by atoms with Gasteiger partial charge >= 0.3 is 5.97 Å². The van der Waals surface area contributed by atoms with Gasteiger partial charge in [-0.1, -0.05) is 23.7 Å². The van der Waals surface area contributed by atoms with E-state index in [9.17, 15) is 9.90 Å². The van der Waals surface area contributed by atoms with E-state index in [1.807, 2.05) is 31.2 Å². The zero-order chi connectivity index (χ0) is 20.8. The van der Waals surface area contributed by atoms with Crippen LogP contribution in [0, 0.1) is 0 Å². The third kappa shape index (κ3) is 6.12. The van der Waals surface area contributed by atoms with Gasteiger partial charge in [0.1, 0.15) is 11.5 Å². The number of phenols is 1. The number of carbonyl (C=O) groups is 1. The van der Waals surface area contributed by atoms with Gasteiger partial charge in [0.05, 0.1) is 24.1 Å². The van der Waals surface area contributed by atoms with Gasteiger partial charge in [0.25, 0.3) is 0 Å². The van der Waals surface area contributed by atoms with Crippen molar-refractivity contribution in [3.05, 3.63) is 57.0 Å². The minimum atomic E-state index is -0.488. The number of halogens is 2. The Labute approximate surface area is 179 Å². The highest BCUT2D eigenvalue weighted by Gasteiger charge is 2.24. The van der Waals surface area contributed by atoms with E-state index >= 15 is 0 Å². The van der Waals surface area contributed by atoms with Crippen LogP contribution in [0.15, 0.2) is 40.9 Å². The van der Waals surface area contributed by atoms with Crippen molar-refractivity contribution in [1.29, 1.82) is 0 Å². The van der Waals surface area contributed by atoms with Crippen LogP contribution in [-0.2, 0) is 9.53 Å². The molecular formula is C21H25BrClNO4. The molecule has 0 fully saturated rings. The smallest absolute Gasteiger partial charge is 0.307 e. The van der Waals surface area contributed by atoms with Crippen molar-refractivity contribution >= 4 is 33.5 Å². The molecule has 2 atom stereocenters. The Balaban J connectivity index is 2.30. The van der Waals surface area contributed by atoms with Crippen LogP contribution >= 0.6 is 27.5 Å².